The number of nitrogens with one attached hydrogen (secondary N) is 1. The maximum Gasteiger partial charge on any atom is 0.0596 e. The van der Waals surface area contributed by atoms with E-state index < -0.39 is 0 Å². The fourth-order valence-electron chi connectivity index (χ4n) is 2.23. The standard InChI is InChI=1S/C18H24N2/c1-14(2)16-11-9-15(10-12-16)13-19-17-7-5-6-8-18(17)20(3)4/h5-12,14,19H,13H2,1-4H3. The summed E-state index contributed by atoms with van der Waals surface area (Å²) in [6.45, 7) is 5.30. The fraction of sp³-hybridized carbons (Fsp3) is 0.333. The maximum atomic E-state index is 3.52. The molecule has 2 rings (SSSR count). The van der Waals surface area contributed by atoms with Crippen molar-refractivity contribution in [2.75, 3.05) is 24.3 Å². The molecule has 0 saturated heterocycles. The first-order valence-electron chi connectivity index (χ1n) is 7.17. The molecule has 0 fully saturated rings. The molecule has 2 heteroatoms. The summed E-state index contributed by atoms with van der Waals surface area (Å²) < 4.78 is 0. The monoisotopic (exact) mass is 268 g/mol. The maximum absolute atomic E-state index is 3.52. The largest absolute Gasteiger partial charge is 0.379 e. The predicted molar refractivity (Wildman–Crippen MR) is 88.6 cm³/mol. The summed E-state index contributed by atoms with van der Waals surface area (Å²) in [6.07, 6.45) is 0. The van der Waals surface area contributed by atoms with Crippen molar-refractivity contribution in [1.82, 2.24) is 0 Å². The number of para-hydroxylation sites is 2. The highest BCUT2D eigenvalue weighted by atomic mass is 15.1. The molecule has 0 atom stereocenters. The molecule has 0 bridgehead atoms. The number of benzene rings is 2. The third kappa shape index (κ3) is 3.53. The Hall–Kier alpha value is -1.96. The van der Waals surface area contributed by atoms with Crippen LogP contribution in [-0.2, 0) is 6.54 Å². The minimum Gasteiger partial charge on any atom is -0.379 e. The van der Waals surface area contributed by atoms with Gasteiger partial charge in [0, 0.05) is 20.6 Å². The molecule has 0 amide bonds. The molecule has 20 heavy (non-hydrogen) atoms. The topological polar surface area (TPSA) is 15.3 Å². The molecule has 0 radical (unpaired) electrons. The second-order valence-corrected chi connectivity index (χ2v) is 5.66. The Morgan fingerprint density at radius 1 is 0.950 bits per heavy atom. The van der Waals surface area contributed by atoms with Crippen LogP contribution in [0.2, 0.25) is 0 Å². The van der Waals surface area contributed by atoms with Gasteiger partial charge in [-0.15, -0.1) is 0 Å². The molecule has 0 aromatic heterocycles. The Labute approximate surface area is 122 Å². The molecular weight excluding hydrogens is 244 g/mol. The van der Waals surface area contributed by atoms with Gasteiger partial charge in [0.15, 0.2) is 0 Å². The average Bonchev–Trinajstić information content (AvgIpc) is 2.45. The summed E-state index contributed by atoms with van der Waals surface area (Å²) in [5.41, 5.74) is 5.09. The van der Waals surface area contributed by atoms with Gasteiger partial charge in [0.25, 0.3) is 0 Å². The lowest BCUT2D eigenvalue weighted by molar-refractivity contribution is 0.865. The lowest BCUT2D eigenvalue weighted by Gasteiger charge is -2.18. The van der Waals surface area contributed by atoms with Crippen LogP contribution in [-0.4, -0.2) is 14.1 Å². The molecular formula is C18H24N2. The van der Waals surface area contributed by atoms with Gasteiger partial charge in [0.05, 0.1) is 11.4 Å². The van der Waals surface area contributed by atoms with Gasteiger partial charge < -0.3 is 10.2 Å². The van der Waals surface area contributed by atoms with Crippen molar-refractivity contribution in [3.05, 3.63) is 59.7 Å². The van der Waals surface area contributed by atoms with E-state index in [9.17, 15) is 0 Å². The lowest BCUT2D eigenvalue weighted by Crippen LogP contribution is -2.12. The van der Waals surface area contributed by atoms with E-state index in [1.807, 2.05) is 0 Å². The van der Waals surface area contributed by atoms with Crippen LogP contribution in [0.1, 0.15) is 30.9 Å². The smallest absolute Gasteiger partial charge is 0.0596 e. The number of hydrogen-bond acceptors (Lipinski definition) is 2. The second-order valence-electron chi connectivity index (χ2n) is 5.66. The molecule has 0 aliphatic rings. The van der Waals surface area contributed by atoms with Gasteiger partial charge in [-0.25, -0.2) is 0 Å². The van der Waals surface area contributed by atoms with Crippen molar-refractivity contribution < 1.29 is 0 Å². The molecule has 1 N–H and O–H groups in total. The van der Waals surface area contributed by atoms with Gasteiger partial charge >= 0.3 is 0 Å². The van der Waals surface area contributed by atoms with Crippen LogP contribution in [0, 0.1) is 0 Å². The van der Waals surface area contributed by atoms with Crippen molar-refractivity contribution in [1.29, 1.82) is 0 Å². The Balaban J connectivity index is 2.05. The number of hydrogen-bond donors (Lipinski definition) is 1. The number of nitrogens with zero attached hydrogens (tertiary/aromatic N) is 1. The van der Waals surface area contributed by atoms with Crippen LogP contribution in [0.5, 0.6) is 0 Å². The molecule has 2 aromatic rings. The van der Waals surface area contributed by atoms with E-state index in [2.05, 4.69) is 86.7 Å². The van der Waals surface area contributed by atoms with E-state index in [-0.39, 0.29) is 0 Å². The van der Waals surface area contributed by atoms with E-state index in [4.69, 9.17) is 0 Å². The molecule has 0 spiro atoms. The van der Waals surface area contributed by atoms with Crippen molar-refractivity contribution in [3.63, 3.8) is 0 Å². The molecule has 0 heterocycles. The molecule has 0 unspecified atom stereocenters. The Morgan fingerprint density at radius 3 is 2.20 bits per heavy atom. The van der Waals surface area contributed by atoms with Crippen molar-refractivity contribution in [3.8, 4) is 0 Å². The first-order chi connectivity index (χ1) is 9.58. The highest BCUT2D eigenvalue weighted by molar-refractivity contribution is 5.69. The summed E-state index contributed by atoms with van der Waals surface area (Å²) in [5.74, 6) is 0.589. The predicted octanol–water partition coefficient (Wildman–Crippen LogP) is 4.49. The van der Waals surface area contributed by atoms with Crippen molar-refractivity contribution in [2.24, 2.45) is 0 Å². The van der Waals surface area contributed by atoms with E-state index in [0.717, 1.165) is 6.54 Å². The summed E-state index contributed by atoms with van der Waals surface area (Å²) >= 11 is 0. The van der Waals surface area contributed by atoms with Crippen LogP contribution < -0.4 is 10.2 Å². The van der Waals surface area contributed by atoms with Crippen LogP contribution in [0.3, 0.4) is 0 Å². The van der Waals surface area contributed by atoms with E-state index >= 15 is 0 Å². The third-order valence-corrected chi connectivity index (χ3v) is 3.52. The summed E-state index contributed by atoms with van der Waals surface area (Å²) in [5, 5.41) is 3.52. The summed E-state index contributed by atoms with van der Waals surface area (Å²) in [4.78, 5) is 2.13. The lowest BCUT2D eigenvalue weighted by atomic mass is 10.0. The first kappa shape index (κ1) is 14.4. The number of anilines is 2. The molecule has 0 saturated carbocycles. The highest BCUT2D eigenvalue weighted by Gasteiger charge is 2.03. The quantitative estimate of drug-likeness (QED) is 0.859. The summed E-state index contributed by atoms with van der Waals surface area (Å²) in [7, 11) is 4.13. The Morgan fingerprint density at radius 2 is 1.60 bits per heavy atom. The minimum absolute atomic E-state index is 0.589. The van der Waals surface area contributed by atoms with Crippen LogP contribution in [0.4, 0.5) is 11.4 Å². The van der Waals surface area contributed by atoms with E-state index in [1.165, 1.54) is 22.5 Å². The van der Waals surface area contributed by atoms with Gasteiger partial charge in [-0.2, -0.15) is 0 Å². The van der Waals surface area contributed by atoms with Crippen molar-refractivity contribution >= 4 is 11.4 Å². The van der Waals surface area contributed by atoms with E-state index in [0.29, 0.717) is 5.92 Å². The zero-order valence-electron chi connectivity index (χ0n) is 12.9. The zero-order valence-corrected chi connectivity index (χ0v) is 12.9. The van der Waals surface area contributed by atoms with Crippen LogP contribution in [0.25, 0.3) is 0 Å². The normalized spacial score (nSPS) is 10.7. The molecule has 0 aliphatic heterocycles. The molecule has 0 aliphatic carbocycles. The van der Waals surface area contributed by atoms with Gasteiger partial charge in [0.1, 0.15) is 0 Å². The zero-order chi connectivity index (χ0) is 14.5. The SMILES string of the molecule is CC(C)c1ccc(CNc2ccccc2N(C)C)cc1. The van der Waals surface area contributed by atoms with Gasteiger partial charge in [-0.3, -0.25) is 0 Å². The van der Waals surface area contributed by atoms with Gasteiger partial charge in [-0.05, 0) is 29.2 Å². The van der Waals surface area contributed by atoms with Crippen molar-refractivity contribution in [2.45, 2.75) is 26.3 Å². The van der Waals surface area contributed by atoms with Crippen LogP contribution in [0.15, 0.2) is 48.5 Å². The third-order valence-electron chi connectivity index (χ3n) is 3.52. The van der Waals surface area contributed by atoms with Gasteiger partial charge in [-0.1, -0.05) is 50.2 Å². The Bertz CT molecular complexity index is 542. The summed E-state index contributed by atoms with van der Waals surface area (Å²) in [6, 6.07) is 17.2. The fourth-order valence-corrected chi connectivity index (χ4v) is 2.23. The van der Waals surface area contributed by atoms with E-state index in [1.54, 1.807) is 0 Å². The second kappa shape index (κ2) is 6.47. The first-order valence-corrected chi connectivity index (χ1v) is 7.17. The highest BCUT2D eigenvalue weighted by Crippen LogP contribution is 2.24. The molecule has 106 valence electrons. The molecule has 2 aromatic carbocycles. The molecule has 2 nitrogen and oxygen atoms in total. The van der Waals surface area contributed by atoms with Gasteiger partial charge in [0.2, 0.25) is 0 Å². The Kier molecular flexibility index (Phi) is 4.67. The minimum atomic E-state index is 0.589. The number of rotatable bonds is 5. The van der Waals surface area contributed by atoms with Crippen LogP contribution >= 0.6 is 0 Å². The average molecular weight is 268 g/mol.